The summed E-state index contributed by atoms with van der Waals surface area (Å²) in [6.07, 6.45) is -2.20. The molecule has 1 aromatic heterocycles. The van der Waals surface area contributed by atoms with E-state index in [4.69, 9.17) is 0 Å². The van der Waals surface area contributed by atoms with E-state index in [-0.39, 0.29) is 23.2 Å². The van der Waals surface area contributed by atoms with Crippen molar-refractivity contribution in [2.75, 3.05) is 5.32 Å². The molecule has 3 aromatic rings. The van der Waals surface area contributed by atoms with E-state index in [1.807, 2.05) is 0 Å². The number of alkyl halides is 3. The second kappa shape index (κ2) is 8.72. The average Bonchev–Trinajstić information content (AvgIpc) is 2.74. The summed E-state index contributed by atoms with van der Waals surface area (Å²) in [4.78, 5) is 16.0. The number of rotatable bonds is 4. The smallest absolute Gasteiger partial charge is 0.382 e. The summed E-state index contributed by atoms with van der Waals surface area (Å²) in [5.74, 6) is -2.31. The summed E-state index contributed by atoms with van der Waals surface area (Å²) in [6.45, 7) is 0. The van der Waals surface area contributed by atoms with Crippen LogP contribution in [0.4, 0.5) is 27.6 Å². The molecule has 0 aliphatic heterocycles. The van der Waals surface area contributed by atoms with Crippen LogP contribution in [0.15, 0.2) is 48.5 Å². The number of fused-ring (bicyclic) bond motifs is 1. The van der Waals surface area contributed by atoms with Crippen molar-refractivity contribution in [3.8, 4) is 0 Å². The number of nitrogens with zero attached hydrogens (tertiary/aromatic N) is 1. The highest BCUT2D eigenvalue weighted by Gasteiger charge is 2.34. The van der Waals surface area contributed by atoms with Gasteiger partial charge in [0.2, 0.25) is 0 Å². The van der Waals surface area contributed by atoms with Crippen LogP contribution in [0.2, 0.25) is 0 Å². The number of anilines is 1. The monoisotopic (exact) mass is 449 g/mol. The topological polar surface area (TPSA) is 54.0 Å². The Morgan fingerprint density at radius 1 is 0.938 bits per heavy atom. The van der Waals surface area contributed by atoms with E-state index in [1.54, 1.807) is 18.2 Å². The maximum atomic E-state index is 13.8. The highest BCUT2D eigenvalue weighted by Crippen LogP contribution is 2.34. The van der Waals surface area contributed by atoms with Crippen LogP contribution in [0.1, 0.15) is 41.7 Å². The van der Waals surface area contributed by atoms with Gasteiger partial charge < -0.3 is 10.6 Å². The summed E-state index contributed by atoms with van der Waals surface area (Å²) >= 11 is 0. The lowest BCUT2D eigenvalue weighted by Gasteiger charge is -2.30. The molecule has 0 radical (unpaired) electrons. The zero-order valence-corrected chi connectivity index (χ0v) is 16.8. The van der Waals surface area contributed by atoms with Gasteiger partial charge in [-0.15, -0.1) is 0 Å². The first kappa shape index (κ1) is 22.0. The molecule has 0 atom stereocenters. The van der Waals surface area contributed by atoms with Gasteiger partial charge in [0, 0.05) is 29.2 Å². The number of benzene rings is 2. The number of hydrogen-bond acceptors (Lipinski definition) is 3. The molecule has 168 valence electrons. The molecule has 2 aromatic carbocycles. The van der Waals surface area contributed by atoms with Crippen LogP contribution < -0.4 is 10.6 Å². The molecule has 0 saturated heterocycles. The van der Waals surface area contributed by atoms with Gasteiger partial charge in [0.15, 0.2) is 0 Å². The summed E-state index contributed by atoms with van der Waals surface area (Å²) in [5.41, 5.74) is -0.563. The second-order valence-electron chi connectivity index (χ2n) is 7.86. The quantitative estimate of drug-likeness (QED) is 0.504. The van der Waals surface area contributed by atoms with Gasteiger partial charge in [-0.05, 0) is 49.9 Å². The van der Waals surface area contributed by atoms with E-state index in [1.165, 1.54) is 6.07 Å². The maximum absolute atomic E-state index is 13.8. The number of pyridine rings is 1. The second-order valence-corrected chi connectivity index (χ2v) is 7.86. The molecular formula is C23H20F5N3O. The van der Waals surface area contributed by atoms with Crippen LogP contribution in [0.5, 0.6) is 0 Å². The van der Waals surface area contributed by atoms with E-state index >= 15 is 0 Å². The Morgan fingerprint density at radius 3 is 2.31 bits per heavy atom. The molecule has 1 heterocycles. The lowest BCUT2D eigenvalue weighted by molar-refractivity contribution is -0.140. The predicted octanol–water partition coefficient (Wildman–Crippen LogP) is 5.68. The first-order chi connectivity index (χ1) is 15.2. The summed E-state index contributed by atoms with van der Waals surface area (Å²) < 4.78 is 66.6. The molecule has 1 aliphatic rings. The van der Waals surface area contributed by atoms with Crippen molar-refractivity contribution >= 4 is 22.5 Å². The average molecular weight is 449 g/mol. The third-order valence-corrected chi connectivity index (χ3v) is 5.60. The van der Waals surface area contributed by atoms with E-state index in [2.05, 4.69) is 15.6 Å². The van der Waals surface area contributed by atoms with Crippen molar-refractivity contribution in [2.24, 2.45) is 0 Å². The molecule has 0 bridgehead atoms. The van der Waals surface area contributed by atoms with Gasteiger partial charge in [0.1, 0.15) is 17.3 Å². The number of amides is 1. The molecule has 1 aliphatic carbocycles. The zero-order valence-electron chi connectivity index (χ0n) is 16.8. The van der Waals surface area contributed by atoms with Gasteiger partial charge >= 0.3 is 6.18 Å². The summed E-state index contributed by atoms with van der Waals surface area (Å²) in [7, 11) is 0. The Balaban J connectivity index is 1.42. The Labute approximate surface area is 180 Å². The van der Waals surface area contributed by atoms with Crippen molar-refractivity contribution in [2.45, 2.75) is 43.9 Å². The van der Waals surface area contributed by atoms with Crippen molar-refractivity contribution in [1.82, 2.24) is 10.3 Å². The van der Waals surface area contributed by atoms with E-state index in [0.717, 1.165) is 18.2 Å². The van der Waals surface area contributed by atoms with Crippen molar-refractivity contribution in [3.63, 3.8) is 0 Å². The Morgan fingerprint density at radius 2 is 1.62 bits per heavy atom. The van der Waals surface area contributed by atoms with Crippen LogP contribution in [-0.4, -0.2) is 23.0 Å². The molecule has 1 amide bonds. The van der Waals surface area contributed by atoms with Crippen LogP contribution >= 0.6 is 0 Å². The molecule has 32 heavy (non-hydrogen) atoms. The molecule has 9 heteroatoms. The Bertz CT molecular complexity index is 1140. The molecule has 0 spiro atoms. The first-order valence-electron chi connectivity index (χ1n) is 10.2. The highest BCUT2D eigenvalue weighted by molar-refractivity contribution is 5.94. The highest BCUT2D eigenvalue weighted by atomic mass is 19.4. The molecule has 4 rings (SSSR count). The molecule has 4 nitrogen and oxygen atoms in total. The molecule has 1 fully saturated rings. The number of nitrogens with one attached hydrogen (secondary N) is 2. The van der Waals surface area contributed by atoms with Crippen LogP contribution in [0.3, 0.4) is 0 Å². The number of carbonyl (C=O) groups excluding carboxylic acids is 1. The standard InChI is InChI=1S/C23H20F5N3O/c24-13-5-10-16(18(25)11-13)22(32)30-15-8-6-14(7-9-15)29-20-12-21(23(26,27)28)31-19-4-2-1-3-17(19)20/h1-5,10-12,14-15H,6-9H2,(H,29,31)(H,30,32)/t14-,15+. The van der Waals surface area contributed by atoms with Gasteiger partial charge in [0.05, 0.1) is 11.1 Å². The number of hydrogen-bond donors (Lipinski definition) is 2. The third kappa shape index (κ3) is 4.81. The molecule has 2 N–H and O–H groups in total. The van der Waals surface area contributed by atoms with E-state index < -0.39 is 29.4 Å². The van der Waals surface area contributed by atoms with E-state index in [9.17, 15) is 26.7 Å². The van der Waals surface area contributed by atoms with Crippen LogP contribution in [0, 0.1) is 11.6 Å². The van der Waals surface area contributed by atoms with Gasteiger partial charge in [0.25, 0.3) is 5.91 Å². The van der Waals surface area contributed by atoms with Gasteiger partial charge in [-0.25, -0.2) is 13.8 Å². The van der Waals surface area contributed by atoms with Crippen molar-refractivity contribution in [3.05, 3.63) is 71.4 Å². The maximum Gasteiger partial charge on any atom is 0.433 e. The number of halogens is 5. The third-order valence-electron chi connectivity index (χ3n) is 5.60. The SMILES string of the molecule is O=C(N[C@H]1CC[C@@H](Nc2cc(C(F)(F)F)nc3ccccc23)CC1)c1ccc(F)cc1F. The van der Waals surface area contributed by atoms with E-state index in [0.29, 0.717) is 42.8 Å². The van der Waals surface area contributed by atoms with Crippen molar-refractivity contribution in [1.29, 1.82) is 0 Å². The number of para-hydroxylation sites is 1. The number of aromatic nitrogens is 1. The van der Waals surface area contributed by atoms with Gasteiger partial charge in [-0.2, -0.15) is 13.2 Å². The minimum atomic E-state index is -4.56. The lowest BCUT2D eigenvalue weighted by atomic mass is 9.90. The fourth-order valence-corrected chi connectivity index (χ4v) is 3.98. The first-order valence-corrected chi connectivity index (χ1v) is 10.2. The van der Waals surface area contributed by atoms with Gasteiger partial charge in [-0.3, -0.25) is 4.79 Å². The molecule has 1 saturated carbocycles. The number of carbonyl (C=O) groups is 1. The normalized spacial score (nSPS) is 19.0. The summed E-state index contributed by atoms with van der Waals surface area (Å²) in [6, 6.07) is 10.1. The lowest BCUT2D eigenvalue weighted by Crippen LogP contribution is -2.40. The molecule has 0 unspecified atom stereocenters. The molecular weight excluding hydrogens is 429 g/mol. The fraction of sp³-hybridized carbons (Fsp3) is 0.304. The Kier molecular flexibility index (Phi) is 5.99. The Hall–Kier alpha value is -3.23. The van der Waals surface area contributed by atoms with Crippen LogP contribution in [-0.2, 0) is 6.18 Å². The fourth-order valence-electron chi connectivity index (χ4n) is 3.98. The van der Waals surface area contributed by atoms with Gasteiger partial charge in [-0.1, -0.05) is 18.2 Å². The minimum Gasteiger partial charge on any atom is -0.382 e. The zero-order chi connectivity index (χ0) is 22.9. The summed E-state index contributed by atoms with van der Waals surface area (Å²) in [5, 5.41) is 6.55. The predicted molar refractivity (Wildman–Crippen MR) is 110 cm³/mol. The van der Waals surface area contributed by atoms with Crippen molar-refractivity contribution < 1.29 is 26.7 Å². The largest absolute Gasteiger partial charge is 0.433 e. The van der Waals surface area contributed by atoms with Crippen LogP contribution in [0.25, 0.3) is 10.9 Å². The minimum absolute atomic E-state index is 0.0856.